The maximum Gasteiger partial charge on any atom is 0.254 e. The molecule has 3 aromatic carbocycles. The minimum Gasteiger partial charge on any atom is -0.274 e. The molecule has 42 heavy (non-hydrogen) atoms. The smallest absolute Gasteiger partial charge is 0.254 e. The van der Waals surface area contributed by atoms with Crippen LogP contribution in [0, 0.1) is 35.5 Å². The maximum absolute atomic E-state index is 14.5. The van der Waals surface area contributed by atoms with Crippen molar-refractivity contribution in [2.45, 2.75) is 17.8 Å². The number of carbonyl (C=O) groups is 4. The summed E-state index contributed by atoms with van der Waals surface area (Å²) >= 11 is 3.44. The molecule has 2 aliphatic heterocycles. The zero-order chi connectivity index (χ0) is 28.5. The third-order valence-corrected chi connectivity index (χ3v) is 11.1. The number of rotatable bonds is 3. The summed E-state index contributed by atoms with van der Waals surface area (Å²) < 4.78 is 0.847. The highest BCUT2D eigenvalue weighted by Crippen LogP contribution is 2.64. The van der Waals surface area contributed by atoms with Crippen LogP contribution in [0.3, 0.4) is 0 Å². The molecule has 2 heterocycles. The molecule has 2 saturated heterocycles. The minimum absolute atomic E-state index is 0.0688. The van der Waals surface area contributed by atoms with Crippen molar-refractivity contribution in [1.82, 2.24) is 5.01 Å². The van der Waals surface area contributed by atoms with Gasteiger partial charge in [0, 0.05) is 16.6 Å². The molecule has 7 nitrogen and oxygen atoms in total. The van der Waals surface area contributed by atoms with E-state index in [-0.39, 0.29) is 53.2 Å². The van der Waals surface area contributed by atoms with E-state index in [4.69, 9.17) is 0 Å². The Morgan fingerprint density at radius 2 is 1.29 bits per heavy atom. The zero-order valence-corrected chi connectivity index (χ0v) is 23.8. The van der Waals surface area contributed by atoms with Gasteiger partial charge in [0.15, 0.2) is 0 Å². The van der Waals surface area contributed by atoms with Crippen LogP contribution >= 0.6 is 15.9 Å². The summed E-state index contributed by atoms with van der Waals surface area (Å²) in [5.74, 6) is -3.44. The molecule has 8 heteroatoms. The van der Waals surface area contributed by atoms with E-state index in [2.05, 4.69) is 33.2 Å². The van der Waals surface area contributed by atoms with Crippen LogP contribution in [0.5, 0.6) is 0 Å². The molecule has 3 aromatic rings. The second-order valence-corrected chi connectivity index (χ2v) is 13.2. The lowest BCUT2D eigenvalue weighted by Gasteiger charge is -2.52. The predicted octanol–water partition coefficient (Wildman–Crippen LogP) is 4.79. The first-order valence-electron chi connectivity index (χ1n) is 14.4. The van der Waals surface area contributed by atoms with Gasteiger partial charge in [0.1, 0.15) is 0 Å². The Morgan fingerprint density at radius 3 is 1.88 bits per heavy atom. The van der Waals surface area contributed by atoms with Crippen LogP contribution in [0.1, 0.15) is 34.6 Å². The van der Waals surface area contributed by atoms with Crippen LogP contribution in [0.25, 0.3) is 0 Å². The van der Waals surface area contributed by atoms with Gasteiger partial charge in [0.05, 0.1) is 34.8 Å². The highest BCUT2D eigenvalue weighted by molar-refractivity contribution is 9.10. The number of imide groups is 2. The van der Waals surface area contributed by atoms with Crippen molar-refractivity contribution in [1.29, 1.82) is 0 Å². The molecule has 0 N–H and O–H groups in total. The van der Waals surface area contributed by atoms with Crippen molar-refractivity contribution < 1.29 is 19.2 Å². The molecule has 5 aliphatic carbocycles. The van der Waals surface area contributed by atoms with Crippen molar-refractivity contribution in [2.75, 3.05) is 4.90 Å². The Bertz CT molecular complexity index is 1750. The van der Waals surface area contributed by atoms with Crippen molar-refractivity contribution >= 4 is 51.5 Å². The number of hydrazone groups is 1. The molecular formula is C34H24BrN3O4. The number of allylic oxidation sites excluding steroid dienone is 2. The molecule has 10 rings (SSSR count). The standard InChI is InChI=1S/C34H24BrN3O4/c35-19-11-13-20(14-12-19)37-30(39)28-27-21-5-1-3-7-23(21)34(29(28)33(37)42,24-8-4-2-6-22(24)27)16-36-38-31(40)25-17-9-10-18(15-17)26(25)32(38)41/h1-14,16-18,25-29H,15H2/b36-16-/t17-,18-,25-,26+,27?,28+,29-,34?/m0/s1. The van der Waals surface area contributed by atoms with E-state index in [0.717, 1.165) is 38.2 Å². The van der Waals surface area contributed by atoms with Crippen LogP contribution in [0.2, 0.25) is 0 Å². The first kappa shape index (κ1) is 24.4. The molecule has 4 bridgehead atoms. The first-order valence-corrected chi connectivity index (χ1v) is 15.1. The molecule has 206 valence electrons. The Hall–Kier alpha value is -4.17. The molecule has 4 amide bonds. The average Bonchev–Trinajstić information content (AvgIpc) is 3.75. The number of amides is 4. The summed E-state index contributed by atoms with van der Waals surface area (Å²) in [5, 5.41) is 5.72. The monoisotopic (exact) mass is 617 g/mol. The van der Waals surface area contributed by atoms with E-state index in [1.54, 1.807) is 18.3 Å². The summed E-state index contributed by atoms with van der Waals surface area (Å²) in [5.41, 5.74) is 3.10. The summed E-state index contributed by atoms with van der Waals surface area (Å²) in [6.07, 6.45) is 6.59. The van der Waals surface area contributed by atoms with Crippen LogP contribution in [0.15, 0.2) is 94.5 Å². The lowest BCUT2D eigenvalue weighted by atomic mass is 9.47. The van der Waals surface area contributed by atoms with Gasteiger partial charge in [-0.25, -0.2) is 4.90 Å². The molecule has 3 fully saturated rings. The lowest BCUT2D eigenvalue weighted by Crippen LogP contribution is -2.55. The summed E-state index contributed by atoms with van der Waals surface area (Å²) in [6, 6.07) is 23.0. The number of halogens is 1. The SMILES string of the molecule is O=C1[C@@H]2[C@H](C(=O)N1/N=C\C13c4ccccc4C(c4ccccc41)[C@H]1C(=O)N(c4ccc(Br)cc4)C(=O)[C@H]13)[C@H]1C=C[C@H]2C1. The number of nitrogens with zero attached hydrogens (tertiary/aromatic N) is 3. The van der Waals surface area contributed by atoms with Gasteiger partial charge in [0.25, 0.3) is 11.8 Å². The van der Waals surface area contributed by atoms with Crippen LogP contribution in [-0.2, 0) is 24.6 Å². The average molecular weight is 618 g/mol. The fourth-order valence-corrected chi connectivity index (χ4v) is 9.31. The summed E-state index contributed by atoms with van der Waals surface area (Å²) in [6.45, 7) is 0. The molecule has 0 spiro atoms. The number of anilines is 1. The maximum atomic E-state index is 14.5. The van der Waals surface area contributed by atoms with Gasteiger partial charge in [-0.1, -0.05) is 76.6 Å². The first-order chi connectivity index (χ1) is 20.4. The molecule has 0 radical (unpaired) electrons. The van der Waals surface area contributed by atoms with E-state index in [1.807, 2.05) is 60.7 Å². The number of hydrogen-bond acceptors (Lipinski definition) is 5. The Morgan fingerprint density at radius 1 is 0.714 bits per heavy atom. The van der Waals surface area contributed by atoms with Crippen molar-refractivity contribution in [3.8, 4) is 0 Å². The van der Waals surface area contributed by atoms with Crippen LogP contribution < -0.4 is 4.90 Å². The highest BCUT2D eigenvalue weighted by atomic mass is 79.9. The van der Waals surface area contributed by atoms with Gasteiger partial charge >= 0.3 is 0 Å². The number of benzene rings is 3. The molecule has 7 aliphatic rings. The minimum atomic E-state index is -1.14. The van der Waals surface area contributed by atoms with Crippen molar-refractivity contribution in [3.63, 3.8) is 0 Å². The summed E-state index contributed by atoms with van der Waals surface area (Å²) in [7, 11) is 0. The number of fused-ring (bicyclic) bond motifs is 5. The van der Waals surface area contributed by atoms with E-state index >= 15 is 0 Å². The molecule has 6 atom stereocenters. The van der Waals surface area contributed by atoms with E-state index in [9.17, 15) is 19.2 Å². The highest BCUT2D eigenvalue weighted by Gasteiger charge is 2.68. The van der Waals surface area contributed by atoms with Crippen LogP contribution in [-0.4, -0.2) is 34.9 Å². The Labute approximate surface area is 250 Å². The second kappa shape index (κ2) is 8.22. The normalized spacial score (nSPS) is 34.9. The van der Waals surface area contributed by atoms with Gasteiger partial charge < -0.3 is 0 Å². The van der Waals surface area contributed by atoms with Crippen molar-refractivity contribution in [2.24, 2.45) is 40.6 Å². The number of hydrogen-bond donors (Lipinski definition) is 0. The zero-order valence-electron chi connectivity index (χ0n) is 22.3. The third kappa shape index (κ3) is 2.79. The molecule has 1 saturated carbocycles. The van der Waals surface area contributed by atoms with Crippen molar-refractivity contribution in [3.05, 3.63) is 112 Å². The fraction of sp³-hybridized carbons (Fsp3) is 0.265. The third-order valence-electron chi connectivity index (χ3n) is 10.6. The van der Waals surface area contributed by atoms with Gasteiger partial charge in [-0.05, 0) is 64.8 Å². The van der Waals surface area contributed by atoms with E-state index in [1.165, 1.54) is 4.90 Å². The molecule has 0 aromatic heterocycles. The second-order valence-electron chi connectivity index (χ2n) is 12.2. The quantitative estimate of drug-likeness (QED) is 0.240. The Kier molecular flexibility index (Phi) is 4.78. The van der Waals surface area contributed by atoms with Gasteiger partial charge in [-0.15, -0.1) is 0 Å². The molecular weight excluding hydrogens is 594 g/mol. The van der Waals surface area contributed by atoms with E-state index in [0.29, 0.717) is 5.69 Å². The predicted molar refractivity (Wildman–Crippen MR) is 157 cm³/mol. The van der Waals surface area contributed by atoms with E-state index < -0.39 is 17.3 Å². The van der Waals surface area contributed by atoms with Gasteiger partial charge in [-0.3, -0.25) is 19.2 Å². The largest absolute Gasteiger partial charge is 0.274 e. The van der Waals surface area contributed by atoms with Gasteiger partial charge in [-0.2, -0.15) is 10.1 Å². The summed E-state index contributed by atoms with van der Waals surface area (Å²) in [4.78, 5) is 57.3. The number of carbonyl (C=O) groups excluding carboxylic acids is 4. The molecule has 0 unspecified atom stereocenters. The topological polar surface area (TPSA) is 87.1 Å². The van der Waals surface area contributed by atoms with Gasteiger partial charge in [0.2, 0.25) is 11.8 Å². The lowest BCUT2D eigenvalue weighted by molar-refractivity contribution is -0.140. The fourth-order valence-electron chi connectivity index (χ4n) is 9.04. The van der Waals surface area contributed by atoms with Crippen LogP contribution in [0.4, 0.5) is 5.69 Å². The Balaban J connectivity index is 1.24.